The van der Waals surface area contributed by atoms with E-state index in [0.717, 1.165) is 0 Å². The second kappa shape index (κ2) is 8.08. The summed E-state index contributed by atoms with van der Waals surface area (Å²) in [6, 6.07) is 0. The molecular weight excluding hydrogens is 364 g/mol. The summed E-state index contributed by atoms with van der Waals surface area (Å²) < 4.78 is 58.4. The van der Waals surface area contributed by atoms with Gasteiger partial charge < -0.3 is 38.8 Å². The molecule has 2 saturated heterocycles. The van der Waals surface area contributed by atoms with Crippen molar-refractivity contribution in [3.63, 3.8) is 0 Å². The van der Waals surface area contributed by atoms with Crippen LogP contribution in [0, 0.1) is 5.92 Å². The van der Waals surface area contributed by atoms with E-state index >= 15 is 0 Å². The van der Waals surface area contributed by atoms with Gasteiger partial charge in [-0.3, -0.25) is 4.18 Å². The Kier molecular flexibility index (Phi) is 6.76. The number of ether oxygens (including phenoxy) is 4. The second-order valence-corrected chi connectivity index (χ2v) is 7.17. The lowest BCUT2D eigenvalue weighted by Crippen LogP contribution is -2.62. The molecule has 2 unspecified atom stereocenters. The first kappa shape index (κ1) is 20.9. The van der Waals surface area contributed by atoms with Gasteiger partial charge in [0.25, 0.3) is 0 Å². The molecule has 9 atom stereocenters. The van der Waals surface area contributed by atoms with E-state index < -0.39 is 59.6 Å². The Balaban J connectivity index is 2.19. The normalized spacial score (nSPS) is 46.1. The maximum Gasteiger partial charge on any atom is 0.218 e. The average molecular weight is 387 g/mol. The lowest BCUT2D eigenvalue weighted by molar-refractivity contribution is -0.334. The molecule has 2 rings (SSSR count). The van der Waals surface area contributed by atoms with E-state index in [1.165, 1.54) is 14.0 Å². The van der Waals surface area contributed by atoms with Crippen molar-refractivity contribution in [3.8, 4) is 0 Å². The van der Waals surface area contributed by atoms with Gasteiger partial charge in [0, 0.05) is 13.0 Å². The Morgan fingerprint density at radius 1 is 1.04 bits per heavy atom. The van der Waals surface area contributed by atoms with Crippen molar-refractivity contribution >= 4 is 10.4 Å². The summed E-state index contributed by atoms with van der Waals surface area (Å²) in [7, 11) is -3.95. The van der Waals surface area contributed by atoms with E-state index in [2.05, 4.69) is 4.18 Å². The number of methoxy groups -OCH3 is 1. The largest absolute Gasteiger partial charge is 0.726 e. The molecular formula is C13H23O11S-. The minimum absolute atomic E-state index is 0.0828. The molecule has 2 fully saturated rings. The van der Waals surface area contributed by atoms with E-state index in [1.807, 2.05) is 0 Å². The fraction of sp³-hybridized carbons (Fsp3) is 1.00. The van der Waals surface area contributed by atoms with Crippen molar-refractivity contribution in [1.29, 1.82) is 0 Å². The van der Waals surface area contributed by atoms with Gasteiger partial charge in [-0.15, -0.1) is 0 Å². The van der Waals surface area contributed by atoms with Crippen LogP contribution in [0.5, 0.6) is 0 Å². The van der Waals surface area contributed by atoms with Gasteiger partial charge in [-0.05, 0) is 6.92 Å². The van der Waals surface area contributed by atoms with Crippen LogP contribution in [0.2, 0.25) is 0 Å². The van der Waals surface area contributed by atoms with Gasteiger partial charge in [-0.2, -0.15) is 0 Å². The van der Waals surface area contributed by atoms with Gasteiger partial charge in [-0.1, -0.05) is 6.92 Å². The molecule has 148 valence electrons. The molecule has 0 saturated carbocycles. The summed E-state index contributed by atoms with van der Waals surface area (Å²) >= 11 is 0. The summed E-state index contributed by atoms with van der Waals surface area (Å²) in [5.74, 6) is -0.340. The fourth-order valence-electron chi connectivity index (χ4n) is 2.83. The summed E-state index contributed by atoms with van der Waals surface area (Å²) in [4.78, 5) is 0. The first-order valence-electron chi connectivity index (χ1n) is 7.68. The minimum Gasteiger partial charge on any atom is -0.726 e. The molecule has 0 spiro atoms. The topological polar surface area (TPSA) is 164 Å². The van der Waals surface area contributed by atoms with E-state index in [9.17, 15) is 28.3 Å². The molecule has 2 heterocycles. The van der Waals surface area contributed by atoms with Crippen molar-refractivity contribution in [2.24, 2.45) is 5.92 Å². The maximum absolute atomic E-state index is 11.0. The van der Waals surface area contributed by atoms with Gasteiger partial charge in [0.05, 0.1) is 18.8 Å². The lowest BCUT2D eigenvalue weighted by atomic mass is 9.96. The van der Waals surface area contributed by atoms with Crippen LogP contribution in [0.25, 0.3) is 0 Å². The van der Waals surface area contributed by atoms with Crippen molar-refractivity contribution in [3.05, 3.63) is 0 Å². The molecule has 0 aliphatic carbocycles. The van der Waals surface area contributed by atoms with E-state index in [0.29, 0.717) is 0 Å². The Labute approximate surface area is 145 Å². The van der Waals surface area contributed by atoms with Gasteiger partial charge >= 0.3 is 0 Å². The molecule has 0 radical (unpaired) electrons. The molecule has 0 aromatic carbocycles. The third kappa shape index (κ3) is 4.86. The standard InChI is InChI=1S/C13H24O11S/c1-5-4-21-13(8(15)7(5)14)23-10-6(2)22-12(20-3)9(16)11(10)24-25(17,18)19/h5-16H,4H2,1-3H3,(H,17,18,19)/p-1/t5-,6?,7+,8-,9+,10+,11+,12?,13+/m1/s1. The van der Waals surface area contributed by atoms with Gasteiger partial charge in [0.2, 0.25) is 10.4 Å². The minimum atomic E-state index is -5.17. The first-order chi connectivity index (χ1) is 11.5. The molecule has 0 aromatic rings. The van der Waals surface area contributed by atoms with Crippen molar-refractivity contribution in [1.82, 2.24) is 0 Å². The lowest BCUT2D eigenvalue weighted by Gasteiger charge is -2.45. The molecule has 12 heteroatoms. The Morgan fingerprint density at radius 2 is 1.68 bits per heavy atom. The van der Waals surface area contributed by atoms with E-state index in [4.69, 9.17) is 18.9 Å². The molecule has 25 heavy (non-hydrogen) atoms. The van der Waals surface area contributed by atoms with Gasteiger partial charge in [0.1, 0.15) is 24.4 Å². The van der Waals surface area contributed by atoms with Crippen LogP contribution in [0.15, 0.2) is 0 Å². The highest BCUT2D eigenvalue weighted by atomic mass is 32.3. The number of hydrogen-bond acceptors (Lipinski definition) is 11. The number of aliphatic hydroxyl groups is 3. The zero-order chi connectivity index (χ0) is 18.9. The molecule has 11 nitrogen and oxygen atoms in total. The fourth-order valence-corrected chi connectivity index (χ4v) is 3.33. The maximum atomic E-state index is 11.0. The van der Waals surface area contributed by atoms with Crippen LogP contribution in [0.1, 0.15) is 13.8 Å². The van der Waals surface area contributed by atoms with Gasteiger partial charge in [-0.25, -0.2) is 8.42 Å². The Bertz CT molecular complexity index is 540. The van der Waals surface area contributed by atoms with Crippen molar-refractivity contribution < 1.29 is 51.4 Å². The summed E-state index contributed by atoms with van der Waals surface area (Å²) in [6.07, 6.45) is -10.6. The van der Waals surface area contributed by atoms with E-state index in [-0.39, 0.29) is 12.5 Å². The number of aliphatic hydroxyl groups excluding tert-OH is 3. The van der Waals surface area contributed by atoms with E-state index in [1.54, 1.807) is 6.92 Å². The quantitative estimate of drug-likeness (QED) is 0.343. The molecule has 0 bridgehead atoms. The van der Waals surface area contributed by atoms with Crippen LogP contribution in [-0.2, 0) is 33.5 Å². The average Bonchev–Trinajstić information content (AvgIpc) is 2.52. The predicted molar refractivity (Wildman–Crippen MR) is 77.7 cm³/mol. The molecule has 0 amide bonds. The monoisotopic (exact) mass is 387 g/mol. The highest BCUT2D eigenvalue weighted by molar-refractivity contribution is 7.80. The summed E-state index contributed by atoms with van der Waals surface area (Å²) in [6.45, 7) is 3.23. The van der Waals surface area contributed by atoms with Crippen LogP contribution < -0.4 is 0 Å². The highest BCUT2D eigenvalue weighted by Gasteiger charge is 2.49. The Hall–Kier alpha value is -0.410. The predicted octanol–water partition coefficient (Wildman–Crippen LogP) is -2.32. The van der Waals surface area contributed by atoms with Crippen molar-refractivity contribution in [2.45, 2.75) is 63.1 Å². The van der Waals surface area contributed by atoms with Crippen LogP contribution in [-0.4, -0.2) is 91.2 Å². The third-order valence-corrected chi connectivity index (χ3v) is 4.70. The number of hydrogen-bond donors (Lipinski definition) is 3. The zero-order valence-electron chi connectivity index (χ0n) is 13.9. The summed E-state index contributed by atoms with van der Waals surface area (Å²) in [5, 5.41) is 30.1. The Morgan fingerprint density at radius 3 is 2.24 bits per heavy atom. The first-order valence-corrected chi connectivity index (χ1v) is 9.02. The smallest absolute Gasteiger partial charge is 0.218 e. The SMILES string of the molecule is COC1OC(C)[C@H](O[C@@H]2OC[C@@H](C)[C@H](O)[C@H]2O)[C@@H](OS(=O)(=O)[O-])[C@@H]1O. The van der Waals surface area contributed by atoms with Crippen molar-refractivity contribution in [2.75, 3.05) is 13.7 Å². The molecule has 2 aliphatic rings. The summed E-state index contributed by atoms with van der Waals surface area (Å²) in [5.41, 5.74) is 0. The van der Waals surface area contributed by atoms with Gasteiger partial charge in [0.15, 0.2) is 12.6 Å². The zero-order valence-corrected chi connectivity index (χ0v) is 14.7. The molecule has 3 N–H and O–H groups in total. The van der Waals surface area contributed by atoms with Crippen LogP contribution in [0.4, 0.5) is 0 Å². The highest BCUT2D eigenvalue weighted by Crippen LogP contribution is 2.30. The second-order valence-electron chi connectivity index (χ2n) is 6.17. The number of rotatable bonds is 5. The van der Waals surface area contributed by atoms with Crippen LogP contribution >= 0.6 is 0 Å². The third-order valence-electron chi connectivity index (χ3n) is 4.24. The van der Waals surface area contributed by atoms with Crippen LogP contribution in [0.3, 0.4) is 0 Å². The molecule has 0 aromatic heterocycles. The molecule has 2 aliphatic heterocycles.